The molecule has 3 aromatic carbocycles. The molecule has 0 saturated carbocycles. The van der Waals surface area contributed by atoms with Gasteiger partial charge in [-0.1, -0.05) is 86.4 Å². The van der Waals surface area contributed by atoms with Crippen molar-refractivity contribution in [3.63, 3.8) is 0 Å². The SMILES string of the molecule is Cc1nc2ccc(Cl)cc2c(-c2ccccc2)c1C1=NN(C(=O)C(C)(C)C)[C@@H](c2ccc(Cl)cc2)C1. The molecule has 0 saturated heterocycles. The maximum Gasteiger partial charge on any atom is 0.248 e. The molecule has 1 atom stereocenters. The third-order valence-corrected chi connectivity index (χ3v) is 6.98. The van der Waals surface area contributed by atoms with Gasteiger partial charge >= 0.3 is 0 Å². The van der Waals surface area contributed by atoms with Gasteiger partial charge in [0.2, 0.25) is 5.91 Å². The second-order valence-electron chi connectivity index (χ2n) is 10.2. The quantitative estimate of drug-likeness (QED) is 0.275. The molecule has 1 aromatic heterocycles. The van der Waals surface area contributed by atoms with Gasteiger partial charge in [0.05, 0.1) is 17.3 Å². The molecular formula is C30H27Cl2N3O. The first-order chi connectivity index (χ1) is 17.1. The highest BCUT2D eigenvalue weighted by Crippen LogP contribution is 2.41. The van der Waals surface area contributed by atoms with Crippen LogP contribution in [-0.2, 0) is 4.79 Å². The first-order valence-electron chi connectivity index (χ1n) is 12.0. The van der Waals surface area contributed by atoms with Gasteiger partial charge in [0.25, 0.3) is 0 Å². The number of benzene rings is 3. The molecular weight excluding hydrogens is 489 g/mol. The highest BCUT2D eigenvalue weighted by Gasteiger charge is 2.39. The maximum absolute atomic E-state index is 13.6. The van der Waals surface area contributed by atoms with Gasteiger partial charge in [-0.15, -0.1) is 0 Å². The van der Waals surface area contributed by atoms with Gasteiger partial charge in [0, 0.05) is 44.1 Å². The van der Waals surface area contributed by atoms with Crippen LogP contribution in [0.15, 0.2) is 77.9 Å². The zero-order valence-corrected chi connectivity index (χ0v) is 22.2. The number of pyridine rings is 1. The van der Waals surface area contributed by atoms with Gasteiger partial charge in [-0.25, -0.2) is 5.01 Å². The Kier molecular flexibility index (Phi) is 6.36. The second-order valence-corrected chi connectivity index (χ2v) is 11.1. The first-order valence-corrected chi connectivity index (χ1v) is 12.7. The predicted octanol–water partition coefficient (Wildman–Crippen LogP) is 8.24. The molecule has 0 unspecified atom stereocenters. The molecule has 1 aliphatic heterocycles. The summed E-state index contributed by atoms with van der Waals surface area (Å²) in [5, 5.41) is 8.89. The van der Waals surface area contributed by atoms with Crippen LogP contribution in [-0.4, -0.2) is 21.6 Å². The van der Waals surface area contributed by atoms with E-state index in [-0.39, 0.29) is 11.9 Å². The summed E-state index contributed by atoms with van der Waals surface area (Å²) in [5.41, 5.74) is 5.99. The number of carbonyl (C=O) groups excluding carboxylic acids is 1. The van der Waals surface area contributed by atoms with Crippen LogP contribution in [0.2, 0.25) is 10.0 Å². The molecule has 2 heterocycles. The van der Waals surface area contributed by atoms with Crippen molar-refractivity contribution in [2.45, 2.75) is 40.2 Å². The molecule has 5 rings (SSSR count). The van der Waals surface area contributed by atoms with E-state index in [1.807, 2.05) is 88.4 Å². The van der Waals surface area contributed by atoms with Crippen LogP contribution in [0.5, 0.6) is 0 Å². The predicted molar refractivity (Wildman–Crippen MR) is 149 cm³/mol. The van der Waals surface area contributed by atoms with E-state index in [1.54, 1.807) is 5.01 Å². The number of rotatable bonds is 3. The number of carbonyl (C=O) groups is 1. The minimum atomic E-state index is -0.587. The highest BCUT2D eigenvalue weighted by atomic mass is 35.5. The summed E-state index contributed by atoms with van der Waals surface area (Å²) in [6, 6.07) is 23.4. The normalized spacial score (nSPS) is 15.9. The van der Waals surface area contributed by atoms with E-state index in [9.17, 15) is 4.79 Å². The van der Waals surface area contributed by atoms with Crippen molar-refractivity contribution in [3.8, 4) is 11.1 Å². The van der Waals surface area contributed by atoms with Crippen molar-refractivity contribution in [2.75, 3.05) is 0 Å². The average molecular weight is 516 g/mol. The average Bonchev–Trinajstić information content (AvgIpc) is 3.28. The standard InChI is InChI=1S/C30H27Cl2N3O/c1-18-27(28(20-8-6-5-7-9-20)23-16-22(32)14-15-24(23)33-18)25-17-26(19-10-12-21(31)13-11-19)35(34-25)29(36)30(2,3)4/h5-16,26H,17H2,1-4H3/t26-/m1/s1. The Morgan fingerprint density at radius 3 is 2.25 bits per heavy atom. The van der Waals surface area contributed by atoms with Crippen LogP contribution in [0.1, 0.15) is 50.1 Å². The van der Waals surface area contributed by atoms with E-state index in [1.165, 1.54) is 0 Å². The Hall–Kier alpha value is -3.21. The van der Waals surface area contributed by atoms with Crippen molar-refractivity contribution in [2.24, 2.45) is 10.5 Å². The van der Waals surface area contributed by atoms with Gasteiger partial charge in [0.1, 0.15) is 0 Å². The zero-order chi connectivity index (χ0) is 25.6. The van der Waals surface area contributed by atoms with Crippen molar-refractivity contribution in [1.29, 1.82) is 0 Å². The van der Waals surface area contributed by atoms with Gasteiger partial charge in [-0.05, 0) is 48.4 Å². The van der Waals surface area contributed by atoms with Crippen molar-refractivity contribution < 1.29 is 4.79 Å². The van der Waals surface area contributed by atoms with Crippen molar-refractivity contribution in [1.82, 2.24) is 9.99 Å². The summed E-state index contributed by atoms with van der Waals surface area (Å²) in [7, 11) is 0. The van der Waals surface area contributed by atoms with Crippen molar-refractivity contribution in [3.05, 3.63) is 99.7 Å². The second kappa shape index (κ2) is 9.34. The van der Waals surface area contributed by atoms with Gasteiger partial charge < -0.3 is 0 Å². The number of fused-ring (bicyclic) bond motifs is 1. The van der Waals surface area contributed by atoms with E-state index >= 15 is 0 Å². The lowest BCUT2D eigenvalue weighted by molar-refractivity contribution is -0.141. The minimum Gasteiger partial charge on any atom is -0.272 e. The molecule has 4 nitrogen and oxygen atoms in total. The Morgan fingerprint density at radius 2 is 1.58 bits per heavy atom. The topological polar surface area (TPSA) is 45.6 Å². The fraction of sp³-hybridized carbons (Fsp3) is 0.233. The van der Waals surface area contributed by atoms with E-state index < -0.39 is 5.41 Å². The number of aryl methyl sites for hydroxylation is 1. The van der Waals surface area contributed by atoms with Gasteiger partial charge in [0.15, 0.2) is 0 Å². The number of amides is 1. The fourth-order valence-electron chi connectivity index (χ4n) is 4.75. The van der Waals surface area contributed by atoms with Crippen molar-refractivity contribution >= 4 is 45.7 Å². The lowest BCUT2D eigenvalue weighted by atomic mass is 9.89. The third-order valence-electron chi connectivity index (χ3n) is 6.49. The summed E-state index contributed by atoms with van der Waals surface area (Å²) in [6.45, 7) is 7.76. The fourth-order valence-corrected chi connectivity index (χ4v) is 5.05. The zero-order valence-electron chi connectivity index (χ0n) is 20.7. The van der Waals surface area contributed by atoms with E-state index in [4.69, 9.17) is 33.3 Å². The minimum absolute atomic E-state index is 0.0341. The van der Waals surface area contributed by atoms with Gasteiger partial charge in [-0.2, -0.15) is 5.10 Å². The summed E-state index contributed by atoms with van der Waals surface area (Å²) in [5.74, 6) is -0.0341. The summed E-state index contributed by atoms with van der Waals surface area (Å²) >= 11 is 12.6. The van der Waals surface area contributed by atoms with E-state index in [0.717, 1.165) is 44.6 Å². The largest absolute Gasteiger partial charge is 0.272 e. The van der Waals surface area contributed by atoms with Crippen LogP contribution in [0.3, 0.4) is 0 Å². The molecule has 0 bridgehead atoms. The Bertz CT molecular complexity index is 1490. The lowest BCUT2D eigenvalue weighted by Gasteiger charge is -2.28. The molecule has 1 amide bonds. The van der Waals surface area contributed by atoms with Crippen LogP contribution in [0.4, 0.5) is 0 Å². The maximum atomic E-state index is 13.6. The summed E-state index contributed by atoms with van der Waals surface area (Å²) < 4.78 is 0. The first kappa shape index (κ1) is 24.5. The smallest absolute Gasteiger partial charge is 0.248 e. The number of hydrazone groups is 1. The highest BCUT2D eigenvalue weighted by molar-refractivity contribution is 6.31. The molecule has 1 aliphatic rings. The van der Waals surface area contributed by atoms with Crippen LogP contribution in [0, 0.1) is 12.3 Å². The lowest BCUT2D eigenvalue weighted by Crippen LogP contribution is -2.36. The number of hydrogen-bond donors (Lipinski definition) is 0. The van der Waals surface area contributed by atoms with Crippen LogP contribution < -0.4 is 0 Å². The molecule has 0 aliphatic carbocycles. The summed E-state index contributed by atoms with van der Waals surface area (Å²) in [4.78, 5) is 18.5. The molecule has 0 radical (unpaired) electrons. The molecule has 0 spiro atoms. The molecule has 182 valence electrons. The van der Waals surface area contributed by atoms with Gasteiger partial charge in [-0.3, -0.25) is 9.78 Å². The number of hydrogen-bond acceptors (Lipinski definition) is 3. The number of aromatic nitrogens is 1. The Morgan fingerprint density at radius 1 is 0.917 bits per heavy atom. The monoisotopic (exact) mass is 515 g/mol. The van der Waals surface area contributed by atoms with E-state index in [2.05, 4.69) is 12.1 Å². The van der Waals surface area contributed by atoms with Crippen LogP contribution >= 0.6 is 23.2 Å². The molecule has 0 N–H and O–H groups in total. The van der Waals surface area contributed by atoms with Crippen LogP contribution in [0.25, 0.3) is 22.0 Å². The number of halogens is 2. The molecule has 0 fully saturated rings. The third kappa shape index (κ3) is 4.52. The molecule has 36 heavy (non-hydrogen) atoms. The Labute approximate surface area is 221 Å². The molecule has 4 aromatic rings. The van der Waals surface area contributed by atoms with E-state index in [0.29, 0.717) is 16.5 Å². The number of nitrogens with zero attached hydrogens (tertiary/aromatic N) is 3. The summed E-state index contributed by atoms with van der Waals surface area (Å²) in [6.07, 6.45) is 0.567. The molecule has 6 heteroatoms. The Balaban J connectivity index is 1.74.